The predicted molar refractivity (Wildman–Crippen MR) is 113 cm³/mol. The van der Waals surface area contributed by atoms with Gasteiger partial charge in [0.05, 0.1) is 21.7 Å². The third kappa shape index (κ3) is 3.09. The molecular formula is C20H20Cl3N3O. The van der Waals surface area contributed by atoms with Crippen LogP contribution in [0.5, 0.6) is 0 Å². The van der Waals surface area contributed by atoms with E-state index in [2.05, 4.69) is 9.88 Å². The molecule has 0 bridgehead atoms. The number of fused-ring (bicyclic) bond motifs is 3. The number of anilines is 1. The van der Waals surface area contributed by atoms with E-state index < -0.39 is 6.10 Å². The van der Waals surface area contributed by atoms with Gasteiger partial charge in [0.15, 0.2) is 0 Å². The lowest BCUT2D eigenvalue weighted by atomic mass is 9.95. The highest BCUT2D eigenvalue weighted by Gasteiger charge is 2.25. The van der Waals surface area contributed by atoms with Gasteiger partial charge in [-0.15, -0.1) is 0 Å². The number of imidazole rings is 1. The normalized spacial score (nSPS) is 14.9. The van der Waals surface area contributed by atoms with Crippen molar-refractivity contribution >= 4 is 51.8 Å². The summed E-state index contributed by atoms with van der Waals surface area (Å²) in [6, 6.07) is 5.52. The van der Waals surface area contributed by atoms with Crippen LogP contribution in [-0.2, 0) is 6.54 Å². The summed E-state index contributed by atoms with van der Waals surface area (Å²) in [5.74, 6) is 0.791. The van der Waals surface area contributed by atoms with Crippen molar-refractivity contribution in [2.75, 3.05) is 11.9 Å². The third-order valence-corrected chi connectivity index (χ3v) is 5.99. The zero-order valence-electron chi connectivity index (χ0n) is 15.1. The molecule has 1 atom stereocenters. The Hall–Kier alpha value is -1.46. The number of halogens is 3. The van der Waals surface area contributed by atoms with Crippen LogP contribution in [0.2, 0.25) is 15.1 Å². The molecule has 0 amide bonds. The Labute approximate surface area is 173 Å². The summed E-state index contributed by atoms with van der Waals surface area (Å²) >= 11 is 19.5. The lowest BCUT2D eigenvalue weighted by Crippen LogP contribution is -2.17. The van der Waals surface area contributed by atoms with E-state index in [0.29, 0.717) is 27.0 Å². The Bertz CT molecular complexity index is 1020. The molecule has 4 rings (SSSR count). The van der Waals surface area contributed by atoms with Crippen LogP contribution >= 0.6 is 34.8 Å². The summed E-state index contributed by atoms with van der Waals surface area (Å²) in [5.41, 5.74) is 4.90. The van der Waals surface area contributed by atoms with Gasteiger partial charge in [-0.1, -0.05) is 41.7 Å². The van der Waals surface area contributed by atoms with Gasteiger partial charge in [-0.25, -0.2) is 4.98 Å². The minimum atomic E-state index is -0.613. The Morgan fingerprint density at radius 2 is 2.04 bits per heavy atom. The Balaban J connectivity index is 2.08. The van der Waals surface area contributed by atoms with E-state index >= 15 is 0 Å². The minimum Gasteiger partial charge on any atom is -0.388 e. The fraction of sp³-hybridized carbons (Fsp3) is 0.350. The van der Waals surface area contributed by atoms with Crippen molar-refractivity contribution in [2.45, 2.75) is 39.3 Å². The molecule has 1 unspecified atom stereocenters. The predicted octanol–water partition coefficient (Wildman–Crippen LogP) is 6.23. The number of aliphatic hydroxyl groups excluding tert-OH is 1. The van der Waals surface area contributed by atoms with Gasteiger partial charge in [0.1, 0.15) is 5.52 Å². The molecule has 4 nitrogen and oxygen atoms in total. The van der Waals surface area contributed by atoms with Crippen LogP contribution in [0.15, 0.2) is 18.2 Å². The molecule has 0 spiro atoms. The summed E-state index contributed by atoms with van der Waals surface area (Å²) in [6.07, 6.45) is 0.983. The van der Waals surface area contributed by atoms with Crippen LogP contribution in [0.1, 0.15) is 37.0 Å². The van der Waals surface area contributed by atoms with Crippen molar-refractivity contribution in [1.29, 1.82) is 0 Å². The van der Waals surface area contributed by atoms with Crippen LogP contribution < -0.4 is 5.32 Å². The Morgan fingerprint density at radius 3 is 2.74 bits per heavy atom. The molecule has 0 saturated carbocycles. The molecule has 0 radical (unpaired) electrons. The summed E-state index contributed by atoms with van der Waals surface area (Å²) in [5, 5.41) is 15.7. The third-order valence-electron chi connectivity index (χ3n) is 5.09. The number of nitrogens with zero attached hydrogens (tertiary/aromatic N) is 2. The number of aryl methyl sites for hydroxylation is 2. The van der Waals surface area contributed by atoms with Gasteiger partial charge < -0.3 is 15.0 Å². The number of hydrogen-bond acceptors (Lipinski definition) is 3. The maximum Gasteiger partial charge on any atom is 0.203 e. The summed E-state index contributed by atoms with van der Waals surface area (Å²) in [7, 11) is 0. The summed E-state index contributed by atoms with van der Waals surface area (Å²) in [4.78, 5) is 4.73. The highest BCUT2D eigenvalue weighted by atomic mass is 35.5. The van der Waals surface area contributed by atoms with Gasteiger partial charge in [0.2, 0.25) is 5.95 Å². The second-order valence-corrected chi connectivity index (χ2v) is 8.12. The van der Waals surface area contributed by atoms with Gasteiger partial charge in [-0.2, -0.15) is 0 Å². The summed E-state index contributed by atoms with van der Waals surface area (Å²) in [6.45, 7) is 5.63. The average Bonchev–Trinajstić information content (AvgIpc) is 3.02. The number of nitrogens with one attached hydrogen (secondary N) is 1. The van der Waals surface area contributed by atoms with Crippen molar-refractivity contribution < 1.29 is 5.11 Å². The largest absolute Gasteiger partial charge is 0.388 e. The lowest BCUT2D eigenvalue weighted by Gasteiger charge is -2.20. The molecule has 0 saturated heterocycles. The Morgan fingerprint density at radius 1 is 1.26 bits per heavy atom. The summed E-state index contributed by atoms with van der Waals surface area (Å²) < 4.78 is 2.11. The first kappa shape index (κ1) is 18.9. The molecule has 2 heterocycles. The van der Waals surface area contributed by atoms with Gasteiger partial charge in [0.25, 0.3) is 0 Å². The quantitative estimate of drug-likeness (QED) is 0.524. The van der Waals surface area contributed by atoms with E-state index in [1.807, 2.05) is 26.0 Å². The minimum absolute atomic E-state index is 0.528. The molecular weight excluding hydrogens is 405 g/mol. The van der Waals surface area contributed by atoms with Crippen molar-refractivity contribution in [1.82, 2.24) is 9.55 Å². The maximum absolute atomic E-state index is 10.7. The fourth-order valence-electron chi connectivity index (χ4n) is 3.80. The second kappa shape index (κ2) is 7.17. The van der Waals surface area contributed by atoms with Crippen LogP contribution in [0.25, 0.3) is 22.2 Å². The number of benzene rings is 2. The van der Waals surface area contributed by atoms with Gasteiger partial charge >= 0.3 is 0 Å². The maximum atomic E-state index is 10.7. The Kier molecular flexibility index (Phi) is 5.02. The molecule has 3 aromatic rings. The van der Waals surface area contributed by atoms with E-state index in [1.54, 1.807) is 6.07 Å². The van der Waals surface area contributed by atoms with Crippen molar-refractivity contribution in [3.63, 3.8) is 0 Å². The molecule has 0 fully saturated rings. The van der Waals surface area contributed by atoms with Crippen LogP contribution in [0.3, 0.4) is 0 Å². The smallest absolute Gasteiger partial charge is 0.203 e. The van der Waals surface area contributed by atoms with E-state index in [9.17, 15) is 5.11 Å². The first-order valence-electron chi connectivity index (χ1n) is 9.03. The number of aliphatic hydroxyl groups is 1. The van der Waals surface area contributed by atoms with Crippen molar-refractivity contribution in [3.05, 3.63) is 44.4 Å². The standard InChI is InChI=1S/C20H20Cl3N3O/c1-3-15(27)12-9-13(16-10(2)7-11(21)8-14(16)22)17(23)18-19(12)26-6-4-5-24-20(26)25-18/h7-9,15,27H,3-6H2,1-2H3,(H,24,25). The van der Waals surface area contributed by atoms with Crippen molar-refractivity contribution in [2.24, 2.45) is 0 Å². The SMILES string of the molecule is CCC(O)c1cc(-c2c(C)cc(Cl)cc2Cl)c(Cl)c2nc3n(c12)CCCN3. The molecule has 1 aliphatic rings. The monoisotopic (exact) mass is 423 g/mol. The van der Waals surface area contributed by atoms with E-state index in [0.717, 1.165) is 53.2 Å². The van der Waals surface area contributed by atoms with E-state index in [4.69, 9.17) is 39.8 Å². The molecule has 7 heteroatoms. The van der Waals surface area contributed by atoms with Crippen molar-refractivity contribution in [3.8, 4) is 11.1 Å². The molecule has 1 aliphatic heterocycles. The first-order valence-corrected chi connectivity index (χ1v) is 10.2. The molecule has 1 aromatic heterocycles. The highest BCUT2D eigenvalue weighted by Crippen LogP contribution is 2.44. The average molecular weight is 425 g/mol. The highest BCUT2D eigenvalue weighted by molar-refractivity contribution is 6.40. The number of rotatable bonds is 3. The molecule has 27 heavy (non-hydrogen) atoms. The van der Waals surface area contributed by atoms with Crippen LogP contribution in [0.4, 0.5) is 5.95 Å². The fourth-order valence-corrected chi connectivity index (χ4v) is 4.78. The van der Waals surface area contributed by atoms with Crippen LogP contribution in [-0.4, -0.2) is 21.2 Å². The molecule has 142 valence electrons. The zero-order valence-corrected chi connectivity index (χ0v) is 17.4. The van der Waals surface area contributed by atoms with Crippen LogP contribution in [0, 0.1) is 6.92 Å². The van der Waals surface area contributed by atoms with E-state index in [-0.39, 0.29) is 0 Å². The molecule has 0 aliphatic carbocycles. The van der Waals surface area contributed by atoms with Gasteiger partial charge in [0, 0.05) is 34.8 Å². The number of aromatic nitrogens is 2. The van der Waals surface area contributed by atoms with E-state index in [1.165, 1.54) is 0 Å². The van der Waals surface area contributed by atoms with Gasteiger partial charge in [-0.05, 0) is 43.5 Å². The molecule has 2 N–H and O–H groups in total. The molecule has 2 aromatic carbocycles. The lowest BCUT2D eigenvalue weighted by molar-refractivity contribution is 0.175. The topological polar surface area (TPSA) is 50.1 Å². The number of hydrogen-bond donors (Lipinski definition) is 2. The first-order chi connectivity index (χ1) is 12.9. The zero-order chi connectivity index (χ0) is 19.3. The van der Waals surface area contributed by atoms with Gasteiger partial charge in [-0.3, -0.25) is 0 Å². The second-order valence-electron chi connectivity index (χ2n) is 6.90.